The van der Waals surface area contributed by atoms with Crippen LogP contribution in [0.1, 0.15) is 24.0 Å². The Balaban J connectivity index is 1.55. The Morgan fingerprint density at radius 3 is 2.44 bits per heavy atom. The molecule has 0 saturated carbocycles. The van der Waals surface area contributed by atoms with Crippen molar-refractivity contribution in [2.24, 2.45) is 0 Å². The number of carbonyl (C=O) groups is 3. The van der Waals surface area contributed by atoms with Crippen LogP contribution in [0.4, 0.5) is 24.5 Å². The normalized spacial score (nSPS) is 13.9. The molecule has 0 radical (unpaired) electrons. The van der Waals surface area contributed by atoms with Gasteiger partial charge in [0.05, 0.1) is 23.6 Å². The predicted molar refractivity (Wildman–Crippen MR) is 114 cm³/mol. The van der Waals surface area contributed by atoms with E-state index in [9.17, 15) is 27.6 Å². The lowest BCUT2D eigenvalue weighted by Gasteiger charge is -2.18. The van der Waals surface area contributed by atoms with Crippen LogP contribution < -0.4 is 10.2 Å². The Kier molecular flexibility index (Phi) is 7.08. The second kappa shape index (κ2) is 9.60. The van der Waals surface area contributed by atoms with E-state index in [0.717, 1.165) is 24.2 Å². The number of benzene rings is 2. The molecule has 1 aliphatic heterocycles. The zero-order chi connectivity index (χ0) is 23.5. The maximum Gasteiger partial charge on any atom is 0.417 e. The fourth-order valence-electron chi connectivity index (χ4n) is 3.35. The lowest BCUT2D eigenvalue weighted by atomic mass is 10.1. The molecule has 1 saturated heterocycles. The van der Waals surface area contributed by atoms with E-state index in [2.05, 4.69) is 5.32 Å². The Hall–Kier alpha value is -3.07. The quantitative estimate of drug-likeness (QED) is 0.694. The predicted octanol–water partition coefficient (Wildman–Crippen LogP) is 4.13. The highest BCUT2D eigenvalue weighted by Gasteiger charge is 2.33. The van der Waals surface area contributed by atoms with Crippen LogP contribution in [0, 0.1) is 0 Å². The molecule has 1 aliphatic rings. The van der Waals surface area contributed by atoms with Gasteiger partial charge < -0.3 is 15.1 Å². The van der Waals surface area contributed by atoms with Gasteiger partial charge in [-0.15, -0.1) is 0 Å². The first-order chi connectivity index (χ1) is 15.0. The summed E-state index contributed by atoms with van der Waals surface area (Å²) in [6.07, 6.45) is -3.26. The molecular formula is C22H21ClF3N3O3. The number of nitrogens with one attached hydrogen (secondary N) is 1. The van der Waals surface area contributed by atoms with Gasteiger partial charge in [0.15, 0.2) is 0 Å². The van der Waals surface area contributed by atoms with Gasteiger partial charge in [0, 0.05) is 31.4 Å². The number of carbonyl (C=O) groups excluding carboxylic acids is 3. The van der Waals surface area contributed by atoms with Crippen LogP contribution in [-0.4, -0.2) is 42.8 Å². The summed E-state index contributed by atoms with van der Waals surface area (Å²) in [4.78, 5) is 39.3. The molecule has 0 unspecified atom stereocenters. The summed E-state index contributed by atoms with van der Waals surface area (Å²) in [6, 6.07) is 10.1. The smallest absolute Gasteiger partial charge is 0.336 e. The summed E-state index contributed by atoms with van der Waals surface area (Å²) in [5.41, 5.74) is 0.364. The number of halogens is 4. The van der Waals surface area contributed by atoms with Crippen molar-refractivity contribution in [1.82, 2.24) is 4.90 Å². The van der Waals surface area contributed by atoms with Gasteiger partial charge in [0.1, 0.15) is 0 Å². The average molecular weight is 468 g/mol. The molecule has 3 amide bonds. The summed E-state index contributed by atoms with van der Waals surface area (Å²) in [7, 11) is 1.43. The van der Waals surface area contributed by atoms with Gasteiger partial charge >= 0.3 is 6.18 Å². The molecule has 2 aromatic rings. The first-order valence-corrected chi connectivity index (χ1v) is 10.2. The third kappa shape index (κ3) is 5.79. The second-order valence-corrected chi connectivity index (χ2v) is 7.89. The first-order valence-electron chi connectivity index (χ1n) is 9.84. The van der Waals surface area contributed by atoms with Crippen molar-refractivity contribution in [3.8, 4) is 0 Å². The molecule has 0 aliphatic carbocycles. The molecule has 0 spiro atoms. The van der Waals surface area contributed by atoms with E-state index in [1.165, 1.54) is 18.0 Å². The molecular weight excluding hydrogens is 447 g/mol. The molecule has 1 N–H and O–H groups in total. The Bertz CT molecular complexity index is 1030. The van der Waals surface area contributed by atoms with E-state index in [4.69, 9.17) is 11.6 Å². The molecule has 6 nitrogen and oxygen atoms in total. The van der Waals surface area contributed by atoms with Crippen LogP contribution in [0.15, 0.2) is 42.5 Å². The van der Waals surface area contributed by atoms with Crippen molar-refractivity contribution < 1.29 is 27.6 Å². The third-order valence-corrected chi connectivity index (χ3v) is 5.37. The number of hydrogen-bond donors (Lipinski definition) is 1. The molecule has 0 aromatic heterocycles. The molecule has 1 fully saturated rings. The van der Waals surface area contributed by atoms with Crippen LogP contribution in [0.3, 0.4) is 0 Å². The van der Waals surface area contributed by atoms with Gasteiger partial charge in [-0.25, -0.2) is 0 Å². The second-order valence-electron chi connectivity index (χ2n) is 7.48. The molecule has 170 valence electrons. The minimum atomic E-state index is -4.65. The Labute approximate surface area is 187 Å². The van der Waals surface area contributed by atoms with E-state index in [0.29, 0.717) is 18.5 Å². The zero-order valence-corrected chi connectivity index (χ0v) is 18.0. The summed E-state index contributed by atoms with van der Waals surface area (Å²) in [5.74, 6) is -0.904. The highest BCUT2D eigenvalue weighted by atomic mass is 35.5. The summed E-state index contributed by atoms with van der Waals surface area (Å²) in [5, 5.41) is 1.88. The Morgan fingerprint density at radius 1 is 1.16 bits per heavy atom. The summed E-state index contributed by atoms with van der Waals surface area (Å²) < 4.78 is 38.9. The largest absolute Gasteiger partial charge is 0.417 e. The first kappa shape index (κ1) is 23.6. The van der Waals surface area contributed by atoms with E-state index >= 15 is 0 Å². The number of hydrogen-bond acceptors (Lipinski definition) is 3. The van der Waals surface area contributed by atoms with Crippen molar-refractivity contribution in [1.29, 1.82) is 0 Å². The minimum Gasteiger partial charge on any atom is -0.336 e. The maximum absolute atomic E-state index is 13.0. The lowest BCUT2D eigenvalue weighted by Crippen LogP contribution is -2.35. The molecule has 3 rings (SSSR count). The number of likely N-dealkylation sites (N-methyl/N-ethyl adjacent to an activating group) is 1. The van der Waals surface area contributed by atoms with Gasteiger partial charge in [-0.3, -0.25) is 14.4 Å². The van der Waals surface area contributed by atoms with Gasteiger partial charge in [-0.2, -0.15) is 13.2 Å². The highest BCUT2D eigenvalue weighted by Crippen LogP contribution is 2.36. The zero-order valence-electron chi connectivity index (χ0n) is 17.2. The van der Waals surface area contributed by atoms with E-state index in [1.54, 1.807) is 29.2 Å². The number of nitrogens with zero attached hydrogens (tertiary/aromatic N) is 2. The van der Waals surface area contributed by atoms with E-state index in [1.807, 2.05) is 0 Å². The average Bonchev–Trinajstić information content (AvgIpc) is 3.15. The molecule has 0 atom stereocenters. The molecule has 1 heterocycles. The van der Waals surface area contributed by atoms with Gasteiger partial charge in [-0.1, -0.05) is 23.7 Å². The topological polar surface area (TPSA) is 69.7 Å². The van der Waals surface area contributed by atoms with E-state index < -0.39 is 22.7 Å². The molecule has 2 aromatic carbocycles. The highest BCUT2D eigenvalue weighted by molar-refractivity contribution is 6.31. The lowest BCUT2D eigenvalue weighted by molar-refractivity contribution is -0.137. The molecule has 10 heteroatoms. The van der Waals surface area contributed by atoms with Crippen molar-refractivity contribution in [2.75, 3.05) is 30.4 Å². The van der Waals surface area contributed by atoms with Crippen LogP contribution in [0.25, 0.3) is 0 Å². The maximum atomic E-state index is 13.0. The van der Waals surface area contributed by atoms with Crippen LogP contribution in [-0.2, 0) is 27.0 Å². The number of amides is 3. The number of rotatable bonds is 6. The fourth-order valence-corrected chi connectivity index (χ4v) is 3.57. The van der Waals surface area contributed by atoms with Crippen LogP contribution >= 0.6 is 11.6 Å². The van der Waals surface area contributed by atoms with Gasteiger partial charge in [-0.05, 0) is 42.3 Å². The van der Waals surface area contributed by atoms with Crippen LogP contribution in [0.2, 0.25) is 5.02 Å². The third-order valence-electron chi connectivity index (χ3n) is 5.04. The standard InChI is InChI=1S/C22H21ClF3N3O3/c1-28(13-19(30)27-15-6-9-18(23)17(12-15)22(24,25)26)21(32)11-14-4-7-16(8-5-14)29-10-2-3-20(29)31/h4-9,12H,2-3,10-11,13H2,1H3,(H,27,30). The Morgan fingerprint density at radius 2 is 1.84 bits per heavy atom. The number of anilines is 2. The van der Waals surface area contributed by atoms with E-state index in [-0.39, 0.29) is 30.5 Å². The SMILES string of the molecule is CN(CC(=O)Nc1ccc(Cl)c(C(F)(F)F)c1)C(=O)Cc1ccc(N2CCCC2=O)cc1. The minimum absolute atomic E-state index is 0.0389. The molecule has 32 heavy (non-hydrogen) atoms. The van der Waals surface area contributed by atoms with Gasteiger partial charge in [0.2, 0.25) is 17.7 Å². The monoisotopic (exact) mass is 467 g/mol. The fraction of sp³-hybridized carbons (Fsp3) is 0.318. The van der Waals surface area contributed by atoms with Crippen molar-refractivity contribution >= 4 is 40.7 Å². The van der Waals surface area contributed by atoms with Crippen molar-refractivity contribution in [2.45, 2.75) is 25.4 Å². The van der Waals surface area contributed by atoms with Crippen molar-refractivity contribution in [3.63, 3.8) is 0 Å². The van der Waals surface area contributed by atoms with Crippen LogP contribution in [0.5, 0.6) is 0 Å². The van der Waals surface area contributed by atoms with Crippen molar-refractivity contribution in [3.05, 3.63) is 58.6 Å². The summed E-state index contributed by atoms with van der Waals surface area (Å²) in [6.45, 7) is 0.343. The summed E-state index contributed by atoms with van der Waals surface area (Å²) >= 11 is 5.57. The van der Waals surface area contributed by atoms with Gasteiger partial charge in [0.25, 0.3) is 0 Å². The number of alkyl halides is 3. The molecule has 0 bridgehead atoms.